The second-order valence-electron chi connectivity index (χ2n) is 7.65. The maximum absolute atomic E-state index is 12.8. The zero-order valence-corrected chi connectivity index (χ0v) is 12.2. The van der Waals surface area contributed by atoms with Crippen LogP contribution in [0.5, 0.6) is 0 Å². The van der Waals surface area contributed by atoms with Crippen molar-refractivity contribution in [1.29, 1.82) is 0 Å². The maximum atomic E-state index is 12.8. The Morgan fingerprint density at radius 3 is 2.60 bits per heavy atom. The second-order valence-corrected chi connectivity index (χ2v) is 7.65. The Labute approximate surface area is 120 Å². The molecule has 1 heterocycles. The van der Waals surface area contributed by atoms with Crippen molar-refractivity contribution < 1.29 is 9.59 Å². The Morgan fingerprint density at radius 2 is 2.00 bits per heavy atom. The van der Waals surface area contributed by atoms with Gasteiger partial charge in [-0.25, -0.2) is 0 Å². The van der Waals surface area contributed by atoms with Crippen LogP contribution in [0.3, 0.4) is 0 Å². The van der Waals surface area contributed by atoms with Crippen molar-refractivity contribution in [3.8, 4) is 0 Å². The third-order valence-electron chi connectivity index (χ3n) is 6.20. The molecule has 0 spiro atoms. The molecule has 0 aromatic heterocycles. The number of amides is 2. The van der Waals surface area contributed by atoms with Gasteiger partial charge in [0, 0.05) is 6.54 Å². The summed E-state index contributed by atoms with van der Waals surface area (Å²) in [6.45, 7) is 3.02. The van der Waals surface area contributed by atoms with Gasteiger partial charge >= 0.3 is 0 Å². The highest BCUT2D eigenvalue weighted by molar-refractivity contribution is 5.98. The van der Waals surface area contributed by atoms with Crippen molar-refractivity contribution >= 4 is 11.8 Å². The molecule has 4 rings (SSSR count). The molecule has 1 N–H and O–H groups in total. The molecule has 0 aromatic carbocycles. The van der Waals surface area contributed by atoms with Gasteiger partial charge in [-0.1, -0.05) is 6.42 Å². The predicted octanol–water partition coefficient (Wildman–Crippen LogP) is 1.55. The molecule has 110 valence electrons. The summed E-state index contributed by atoms with van der Waals surface area (Å²) in [6.07, 6.45) is 7.50. The average Bonchev–Trinajstić information content (AvgIpc) is 3.08. The fourth-order valence-electron chi connectivity index (χ4n) is 4.92. The van der Waals surface area contributed by atoms with E-state index in [4.69, 9.17) is 0 Å². The van der Waals surface area contributed by atoms with Crippen molar-refractivity contribution in [2.45, 2.75) is 51.0 Å². The van der Waals surface area contributed by atoms with Gasteiger partial charge in [0.2, 0.25) is 11.8 Å². The Kier molecular flexibility index (Phi) is 2.67. The van der Waals surface area contributed by atoms with Gasteiger partial charge in [-0.2, -0.15) is 0 Å². The van der Waals surface area contributed by atoms with Gasteiger partial charge in [0.25, 0.3) is 0 Å². The van der Waals surface area contributed by atoms with Gasteiger partial charge in [-0.3, -0.25) is 9.59 Å². The first kappa shape index (κ1) is 12.7. The second kappa shape index (κ2) is 4.22. The fourth-order valence-corrected chi connectivity index (χ4v) is 4.92. The van der Waals surface area contributed by atoms with E-state index in [1.807, 2.05) is 11.8 Å². The minimum absolute atomic E-state index is 0.0298. The number of fused-ring (bicyclic) bond motifs is 2. The summed E-state index contributed by atoms with van der Waals surface area (Å²) in [4.78, 5) is 26.6. The first-order valence-corrected chi connectivity index (χ1v) is 8.16. The van der Waals surface area contributed by atoms with Crippen LogP contribution in [0.4, 0.5) is 0 Å². The first-order chi connectivity index (χ1) is 9.56. The highest BCUT2D eigenvalue weighted by Gasteiger charge is 2.53. The lowest BCUT2D eigenvalue weighted by Gasteiger charge is -2.41. The summed E-state index contributed by atoms with van der Waals surface area (Å²) >= 11 is 0. The number of carbonyl (C=O) groups excluding carboxylic acids is 2. The van der Waals surface area contributed by atoms with Crippen LogP contribution < -0.4 is 5.32 Å². The molecule has 3 aliphatic carbocycles. The van der Waals surface area contributed by atoms with Crippen molar-refractivity contribution in [2.75, 3.05) is 13.1 Å². The number of carbonyl (C=O) groups is 2. The molecule has 0 radical (unpaired) electrons. The monoisotopic (exact) mass is 276 g/mol. The molecule has 20 heavy (non-hydrogen) atoms. The van der Waals surface area contributed by atoms with Crippen molar-refractivity contribution in [3.63, 3.8) is 0 Å². The van der Waals surface area contributed by atoms with Crippen LogP contribution in [0, 0.1) is 23.7 Å². The van der Waals surface area contributed by atoms with Crippen LogP contribution in [0.15, 0.2) is 0 Å². The largest absolute Gasteiger partial charge is 0.340 e. The molecular formula is C16H24N2O2. The average molecular weight is 276 g/mol. The van der Waals surface area contributed by atoms with E-state index in [0.717, 1.165) is 31.2 Å². The molecule has 4 unspecified atom stereocenters. The molecule has 0 aromatic rings. The number of hydrogen-bond donors (Lipinski definition) is 1. The van der Waals surface area contributed by atoms with E-state index in [9.17, 15) is 9.59 Å². The van der Waals surface area contributed by atoms with Gasteiger partial charge in [0.15, 0.2) is 0 Å². The molecule has 4 nitrogen and oxygen atoms in total. The fraction of sp³-hybridized carbons (Fsp3) is 0.875. The van der Waals surface area contributed by atoms with Gasteiger partial charge in [0.05, 0.1) is 6.54 Å². The molecule has 1 saturated heterocycles. The third kappa shape index (κ3) is 1.87. The smallest absolute Gasteiger partial charge is 0.248 e. The molecule has 3 saturated carbocycles. The van der Waals surface area contributed by atoms with Crippen LogP contribution in [-0.2, 0) is 9.59 Å². The van der Waals surface area contributed by atoms with Crippen molar-refractivity contribution in [3.05, 3.63) is 0 Å². The highest BCUT2D eigenvalue weighted by atomic mass is 16.2. The third-order valence-corrected chi connectivity index (χ3v) is 6.20. The molecule has 2 bridgehead atoms. The highest BCUT2D eigenvalue weighted by Crippen LogP contribution is 2.49. The number of rotatable bonds is 3. The maximum Gasteiger partial charge on any atom is 0.248 e. The van der Waals surface area contributed by atoms with E-state index in [1.54, 1.807) is 0 Å². The summed E-state index contributed by atoms with van der Waals surface area (Å²) in [7, 11) is 0. The van der Waals surface area contributed by atoms with E-state index < -0.39 is 5.54 Å². The quantitative estimate of drug-likeness (QED) is 0.850. The van der Waals surface area contributed by atoms with Crippen LogP contribution in [0.1, 0.15) is 45.4 Å². The lowest BCUT2D eigenvalue weighted by molar-refractivity contribution is -0.151. The topological polar surface area (TPSA) is 49.4 Å². The normalized spacial score (nSPS) is 44.0. The Hall–Kier alpha value is -1.06. The van der Waals surface area contributed by atoms with Crippen molar-refractivity contribution in [2.24, 2.45) is 23.7 Å². The molecule has 4 heteroatoms. The van der Waals surface area contributed by atoms with Crippen LogP contribution in [0.2, 0.25) is 0 Å². The van der Waals surface area contributed by atoms with Crippen LogP contribution >= 0.6 is 0 Å². The number of nitrogens with one attached hydrogen (secondary N) is 1. The summed E-state index contributed by atoms with van der Waals surface area (Å²) in [5.41, 5.74) is -0.618. The summed E-state index contributed by atoms with van der Waals surface area (Å²) < 4.78 is 0. The van der Waals surface area contributed by atoms with Crippen LogP contribution in [0.25, 0.3) is 0 Å². The first-order valence-electron chi connectivity index (χ1n) is 8.16. The molecule has 2 amide bonds. The molecular weight excluding hydrogens is 252 g/mol. The lowest BCUT2D eigenvalue weighted by Crippen LogP contribution is -2.66. The number of piperazine rings is 1. The molecule has 4 aliphatic rings. The van der Waals surface area contributed by atoms with Gasteiger partial charge in [0.1, 0.15) is 5.54 Å². The van der Waals surface area contributed by atoms with E-state index in [-0.39, 0.29) is 18.4 Å². The lowest BCUT2D eigenvalue weighted by atomic mass is 9.86. The molecule has 1 aliphatic heterocycles. The molecule has 4 atom stereocenters. The SMILES string of the molecule is CC1(C2CC2)NC(=O)CN(CC2CC3CCC2C3)C1=O. The summed E-state index contributed by atoms with van der Waals surface area (Å²) in [5.74, 6) is 2.91. The summed E-state index contributed by atoms with van der Waals surface area (Å²) in [6, 6.07) is 0. The van der Waals surface area contributed by atoms with E-state index in [1.165, 1.54) is 25.7 Å². The van der Waals surface area contributed by atoms with Gasteiger partial charge in [-0.05, 0) is 62.7 Å². The van der Waals surface area contributed by atoms with Gasteiger partial charge in [-0.15, -0.1) is 0 Å². The Bertz CT molecular complexity index is 459. The summed E-state index contributed by atoms with van der Waals surface area (Å²) in [5, 5.41) is 2.96. The minimum Gasteiger partial charge on any atom is -0.340 e. The van der Waals surface area contributed by atoms with E-state index in [0.29, 0.717) is 11.8 Å². The van der Waals surface area contributed by atoms with E-state index >= 15 is 0 Å². The van der Waals surface area contributed by atoms with Crippen LogP contribution in [-0.4, -0.2) is 35.3 Å². The Balaban J connectivity index is 1.49. The van der Waals surface area contributed by atoms with E-state index in [2.05, 4.69) is 5.32 Å². The predicted molar refractivity (Wildman–Crippen MR) is 74.8 cm³/mol. The zero-order chi connectivity index (χ0) is 13.9. The van der Waals surface area contributed by atoms with Crippen molar-refractivity contribution in [1.82, 2.24) is 10.2 Å². The minimum atomic E-state index is -0.618. The Morgan fingerprint density at radius 1 is 1.20 bits per heavy atom. The zero-order valence-electron chi connectivity index (χ0n) is 12.2. The number of hydrogen-bond acceptors (Lipinski definition) is 2. The van der Waals surface area contributed by atoms with Gasteiger partial charge < -0.3 is 10.2 Å². The molecule has 4 fully saturated rings. The standard InChI is InChI=1S/C16H24N2O2/c1-16(13-4-5-13)15(20)18(9-14(19)17-16)8-12-7-10-2-3-11(12)6-10/h10-13H,2-9H2,1H3,(H,17,19). The number of nitrogens with zero attached hydrogens (tertiary/aromatic N) is 1.